The lowest BCUT2D eigenvalue weighted by molar-refractivity contribution is 0.0234. The molecule has 6 heteroatoms. The molecule has 19 heavy (non-hydrogen) atoms. The minimum absolute atomic E-state index is 0.169. The predicted octanol–water partition coefficient (Wildman–Crippen LogP) is 3.22. The molecule has 1 saturated heterocycles. The zero-order chi connectivity index (χ0) is 14.2. The Morgan fingerprint density at radius 1 is 1.53 bits per heavy atom. The first kappa shape index (κ1) is 14.4. The van der Waals surface area contributed by atoms with Crippen molar-refractivity contribution in [2.24, 2.45) is 0 Å². The van der Waals surface area contributed by atoms with E-state index in [0.29, 0.717) is 6.54 Å². The third-order valence-corrected chi connectivity index (χ3v) is 3.53. The Hall–Kier alpha value is -1.04. The van der Waals surface area contributed by atoms with Crippen LogP contribution in [0.1, 0.15) is 40.2 Å². The van der Waals surface area contributed by atoms with Crippen molar-refractivity contribution in [3.05, 3.63) is 16.9 Å². The van der Waals surface area contributed by atoms with Gasteiger partial charge in [0, 0.05) is 18.8 Å². The lowest BCUT2D eigenvalue weighted by Gasteiger charge is -2.26. The summed E-state index contributed by atoms with van der Waals surface area (Å²) in [6.07, 6.45) is 4.36. The third kappa shape index (κ3) is 3.49. The number of hydrogen-bond acceptors (Lipinski definition) is 3. The summed E-state index contributed by atoms with van der Waals surface area (Å²) < 4.78 is 8.29. The molecule has 1 amide bonds. The van der Waals surface area contributed by atoms with Crippen LogP contribution < -0.4 is 0 Å². The van der Waals surface area contributed by atoms with Gasteiger partial charge in [0.2, 0.25) is 0 Å². The molecule has 1 aliphatic heterocycles. The van der Waals surface area contributed by atoms with Gasteiger partial charge in [0.05, 0.1) is 16.7 Å². The molecule has 1 aliphatic rings. The maximum absolute atomic E-state index is 12.1. The topological polar surface area (TPSA) is 47.4 Å². The molecule has 2 rings (SSSR count). The minimum atomic E-state index is -0.455. The zero-order valence-electron chi connectivity index (χ0n) is 11.8. The Balaban J connectivity index is 2.03. The van der Waals surface area contributed by atoms with Crippen LogP contribution in [0.25, 0.3) is 0 Å². The Morgan fingerprint density at radius 2 is 2.21 bits per heavy atom. The number of halogens is 1. The second-order valence-electron chi connectivity index (χ2n) is 6.01. The van der Waals surface area contributed by atoms with E-state index in [1.807, 2.05) is 38.6 Å². The fourth-order valence-electron chi connectivity index (χ4n) is 2.28. The summed E-state index contributed by atoms with van der Waals surface area (Å²) in [5, 5.41) is 4.29. The largest absolute Gasteiger partial charge is 0.444 e. The van der Waals surface area contributed by atoms with Crippen LogP contribution in [-0.4, -0.2) is 39.0 Å². The van der Waals surface area contributed by atoms with E-state index in [1.54, 1.807) is 11.1 Å². The van der Waals surface area contributed by atoms with Gasteiger partial charge in [-0.1, -0.05) is 0 Å². The molecular formula is C13H20BrN3O2. The van der Waals surface area contributed by atoms with Crippen molar-refractivity contribution in [3.8, 4) is 0 Å². The standard InChI is InChI=1S/C13H20BrN3O2/c1-9-5-11(17-7-10(14)6-15-17)8-16(9)12(18)19-13(2,3)4/h6-7,9,11H,5,8H2,1-4H3. The molecule has 1 aromatic rings. The van der Waals surface area contributed by atoms with E-state index in [0.717, 1.165) is 10.9 Å². The SMILES string of the molecule is CC1CC(n2cc(Br)cn2)CN1C(=O)OC(C)(C)C. The minimum Gasteiger partial charge on any atom is -0.444 e. The first-order chi connectivity index (χ1) is 8.76. The molecule has 2 heterocycles. The van der Waals surface area contributed by atoms with Crippen molar-refractivity contribution >= 4 is 22.0 Å². The molecule has 0 radical (unpaired) electrons. The smallest absolute Gasteiger partial charge is 0.410 e. The Kier molecular flexibility index (Phi) is 3.90. The van der Waals surface area contributed by atoms with Crippen molar-refractivity contribution in [1.82, 2.24) is 14.7 Å². The number of amides is 1. The Labute approximate surface area is 122 Å². The fraction of sp³-hybridized carbons (Fsp3) is 0.692. The Bertz CT molecular complexity index is 467. The van der Waals surface area contributed by atoms with Crippen molar-refractivity contribution in [2.75, 3.05) is 6.54 Å². The lowest BCUT2D eigenvalue weighted by atomic mass is 10.2. The number of aromatic nitrogens is 2. The summed E-state index contributed by atoms with van der Waals surface area (Å²) in [6.45, 7) is 8.34. The summed E-state index contributed by atoms with van der Waals surface area (Å²) in [6, 6.07) is 0.386. The molecule has 5 nitrogen and oxygen atoms in total. The maximum Gasteiger partial charge on any atom is 0.410 e. The molecule has 2 atom stereocenters. The van der Waals surface area contributed by atoms with Gasteiger partial charge in [0.25, 0.3) is 0 Å². The number of carbonyl (C=O) groups excluding carboxylic acids is 1. The molecule has 0 aliphatic carbocycles. The summed E-state index contributed by atoms with van der Waals surface area (Å²) in [5.41, 5.74) is -0.455. The molecule has 1 fully saturated rings. The van der Waals surface area contributed by atoms with Gasteiger partial charge < -0.3 is 9.64 Å². The van der Waals surface area contributed by atoms with Crippen molar-refractivity contribution in [3.63, 3.8) is 0 Å². The van der Waals surface area contributed by atoms with E-state index in [4.69, 9.17) is 4.74 Å². The van der Waals surface area contributed by atoms with Gasteiger partial charge >= 0.3 is 6.09 Å². The highest BCUT2D eigenvalue weighted by atomic mass is 79.9. The molecule has 0 aromatic carbocycles. The molecule has 1 aromatic heterocycles. The van der Waals surface area contributed by atoms with Crippen molar-refractivity contribution < 1.29 is 9.53 Å². The quantitative estimate of drug-likeness (QED) is 0.794. The van der Waals surface area contributed by atoms with Crippen LogP contribution in [0.15, 0.2) is 16.9 Å². The molecule has 0 saturated carbocycles. The van der Waals surface area contributed by atoms with Gasteiger partial charge in [-0.25, -0.2) is 4.79 Å². The highest BCUT2D eigenvalue weighted by molar-refractivity contribution is 9.10. The van der Waals surface area contributed by atoms with Crippen LogP contribution >= 0.6 is 15.9 Å². The Morgan fingerprint density at radius 3 is 2.74 bits per heavy atom. The zero-order valence-corrected chi connectivity index (χ0v) is 13.3. The second-order valence-corrected chi connectivity index (χ2v) is 6.93. The summed E-state index contributed by atoms with van der Waals surface area (Å²) in [5.74, 6) is 0. The van der Waals surface area contributed by atoms with E-state index in [-0.39, 0.29) is 18.2 Å². The van der Waals surface area contributed by atoms with E-state index in [1.165, 1.54) is 0 Å². The lowest BCUT2D eigenvalue weighted by Crippen LogP contribution is -2.38. The molecule has 2 unspecified atom stereocenters. The van der Waals surface area contributed by atoms with Crippen LogP contribution in [0, 0.1) is 0 Å². The maximum atomic E-state index is 12.1. The molecule has 0 bridgehead atoms. The molecular weight excluding hydrogens is 310 g/mol. The van der Waals surface area contributed by atoms with Gasteiger partial charge in [0.1, 0.15) is 5.60 Å². The number of carbonyl (C=O) groups is 1. The second kappa shape index (κ2) is 5.15. The predicted molar refractivity (Wildman–Crippen MR) is 76.0 cm³/mol. The van der Waals surface area contributed by atoms with Gasteiger partial charge in [-0.05, 0) is 50.0 Å². The number of ether oxygens (including phenoxy) is 1. The summed E-state index contributed by atoms with van der Waals surface area (Å²) in [4.78, 5) is 13.9. The monoisotopic (exact) mass is 329 g/mol. The van der Waals surface area contributed by atoms with E-state index >= 15 is 0 Å². The first-order valence-corrected chi connectivity index (χ1v) is 7.25. The van der Waals surface area contributed by atoms with Crippen LogP contribution in [0.2, 0.25) is 0 Å². The number of nitrogens with zero attached hydrogens (tertiary/aromatic N) is 3. The van der Waals surface area contributed by atoms with Crippen LogP contribution in [0.4, 0.5) is 4.79 Å². The molecule has 0 N–H and O–H groups in total. The highest BCUT2D eigenvalue weighted by Crippen LogP contribution is 2.28. The van der Waals surface area contributed by atoms with Crippen molar-refractivity contribution in [2.45, 2.75) is 51.8 Å². The number of hydrogen-bond donors (Lipinski definition) is 0. The highest BCUT2D eigenvalue weighted by Gasteiger charge is 2.36. The van der Waals surface area contributed by atoms with Crippen LogP contribution in [0.3, 0.4) is 0 Å². The summed E-state index contributed by atoms with van der Waals surface area (Å²) >= 11 is 3.39. The van der Waals surface area contributed by atoms with Crippen molar-refractivity contribution in [1.29, 1.82) is 0 Å². The fourth-order valence-corrected chi connectivity index (χ4v) is 2.59. The summed E-state index contributed by atoms with van der Waals surface area (Å²) in [7, 11) is 0. The van der Waals surface area contributed by atoms with Gasteiger partial charge in [-0.15, -0.1) is 0 Å². The van der Waals surface area contributed by atoms with Gasteiger partial charge in [-0.2, -0.15) is 5.10 Å². The van der Waals surface area contributed by atoms with Crippen LogP contribution in [-0.2, 0) is 4.74 Å². The van der Waals surface area contributed by atoms with Gasteiger partial charge in [0.15, 0.2) is 0 Å². The van der Waals surface area contributed by atoms with Gasteiger partial charge in [-0.3, -0.25) is 4.68 Å². The number of likely N-dealkylation sites (tertiary alicyclic amines) is 1. The van der Waals surface area contributed by atoms with E-state index in [2.05, 4.69) is 21.0 Å². The van der Waals surface area contributed by atoms with Crippen LogP contribution in [0.5, 0.6) is 0 Å². The average Bonchev–Trinajstić information content (AvgIpc) is 2.82. The first-order valence-electron chi connectivity index (χ1n) is 6.45. The molecule has 0 spiro atoms. The van der Waals surface area contributed by atoms with E-state index < -0.39 is 5.60 Å². The van der Waals surface area contributed by atoms with E-state index in [9.17, 15) is 4.79 Å². The normalized spacial score (nSPS) is 23.7. The number of rotatable bonds is 1. The average molecular weight is 330 g/mol. The molecule has 106 valence electrons. The third-order valence-electron chi connectivity index (χ3n) is 3.12.